The van der Waals surface area contributed by atoms with Gasteiger partial charge in [0.15, 0.2) is 0 Å². The molecule has 0 aliphatic heterocycles. The topological polar surface area (TPSA) is 42.7 Å². The summed E-state index contributed by atoms with van der Waals surface area (Å²) in [5.41, 5.74) is 2.83. The highest BCUT2D eigenvalue weighted by Crippen LogP contribution is 2.28. The number of pyridine rings is 1. The summed E-state index contributed by atoms with van der Waals surface area (Å²) in [5.74, 6) is 0. The number of fused-ring (bicyclic) bond motifs is 1. The summed E-state index contributed by atoms with van der Waals surface area (Å²) in [4.78, 5) is 4.39. The first-order valence-electron chi connectivity index (χ1n) is 5.99. The number of hydrogen-bond acceptors (Lipinski definition) is 3. The fourth-order valence-corrected chi connectivity index (χ4v) is 2.24. The largest absolute Gasteiger partial charge is 0.378 e. The van der Waals surface area contributed by atoms with E-state index in [1.165, 1.54) is 0 Å². The molecule has 3 aromatic rings. The molecule has 0 saturated carbocycles. The molecule has 19 heavy (non-hydrogen) atoms. The number of nitrogens with zero attached hydrogens (tertiary/aromatic N) is 3. The standard InChI is InChI=1S/C14H13ClN4/c1-19-8-6-10(18-19)9-17-13-5-4-12(15)11-3-2-7-16-14(11)13/h2-8,17H,9H2,1H3. The molecule has 0 radical (unpaired) electrons. The van der Waals surface area contributed by atoms with Gasteiger partial charge in [-0.3, -0.25) is 9.67 Å². The lowest BCUT2D eigenvalue weighted by Gasteiger charge is -2.08. The van der Waals surface area contributed by atoms with E-state index in [2.05, 4.69) is 15.4 Å². The van der Waals surface area contributed by atoms with E-state index in [9.17, 15) is 0 Å². The minimum atomic E-state index is 0.661. The van der Waals surface area contributed by atoms with Gasteiger partial charge in [-0.05, 0) is 30.3 Å². The number of benzene rings is 1. The van der Waals surface area contributed by atoms with Crippen molar-refractivity contribution in [3.8, 4) is 0 Å². The normalized spacial score (nSPS) is 10.8. The Morgan fingerprint density at radius 1 is 1.26 bits per heavy atom. The van der Waals surface area contributed by atoms with Gasteiger partial charge in [0.1, 0.15) is 0 Å². The van der Waals surface area contributed by atoms with E-state index in [-0.39, 0.29) is 0 Å². The van der Waals surface area contributed by atoms with Crippen LogP contribution in [-0.4, -0.2) is 14.8 Å². The third-order valence-corrected chi connectivity index (χ3v) is 3.27. The van der Waals surface area contributed by atoms with E-state index in [1.54, 1.807) is 10.9 Å². The highest BCUT2D eigenvalue weighted by molar-refractivity contribution is 6.35. The molecule has 5 heteroatoms. The minimum Gasteiger partial charge on any atom is -0.378 e. The highest BCUT2D eigenvalue weighted by Gasteiger charge is 2.05. The van der Waals surface area contributed by atoms with Crippen molar-refractivity contribution >= 4 is 28.2 Å². The first kappa shape index (κ1) is 12.0. The molecule has 0 aliphatic rings. The van der Waals surface area contributed by atoms with E-state index >= 15 is 0 Å². The molecule has 2 aromatic heterocycles. The first-order chi connectivity index (χ1) is 9.24. The van der Waals surface area contributed by atoms with Gasteiger partial charge >= 0.3 is 0 Å². The van der Waals surface area contributed by atoms with Crippen LogP contribution in [0.1, 0.15) is 5.69 Å². The van der Waals surface area contributed by atoms with Gasteiger partial charge in [0, 0.05) is 24.8 Å². The van der Waals surface area contributed by atoms with Crippen LogP contribution in [0.4, 0.5) is 5.69 Å². The molecular formula is C14H13ClN4. The number of nitrogens with one attached hydrogen (secondary N) is 1. The average molecular weight is 273 g/mol. The van der Waals surface area contributed by atoms with Crippen LogP contribution in [0.5, 0.6) is 0 Å². The Hall–Kier alpha value is -2.07. The fraction of sp³-hybridized carbons (Fsp3) is 0.143. The van der Waals surface area contributed by atoms with Gasteiger partial charge in [-0.25, -0.2) is 0 Å². The molecule has 4 nitrogen and oxygen atoms in total. The van der Waals surface area contributed by atoms with Gasteiger partial charge in [-0.2, -0.15) is 5.10 Å². The second-order valence-electron chi connectivity index (χ2n) is 4.33. The maximum absolute atomic E-state index is 6.17. The molecule has 0 aliphatic carbocycles. The van der Waals surface area contributed by atoms with Gasteiger partial charge in [0.05, 0.1) is 28.5 Å². The average Bonchev–Trinajstić information content (AvgIpc) is 2.84. The van der Waals surface area contributed by atoms with Crippen molar-refractivity contribution in [3.63, 3.8) is 0 Å². The first-order valence-corrected chi connectivity index (χ1v) is 6.37. The van der Waals surface area contributed by atoms with Crippen LogP contribution in [0.3, 0.4) is 0 Å². The van der Waals surface area contributed by atoms with Crippen LogP contribution < -0.4 is 5.32 Å². The summed E-state index contributed by atoms with van der Waals surface area (Å²) in [6.45, 7) is 0.661. The summed E-state index contributed by atoms with van der Waals surface area (Å²) in [6.07, 6.45) is 3.69. The van der Waals surface area contributed by atoms with Crippen LogP contribution >= 0.6 is 11.6 Å². The van der Waals surface area contributed by atoms with Gasteiger partial charge in [-0.15, -0.1) is 0 Å². The molecule has 0 saturated heterocycles. The second kappa shape index (κ2) is 4.90. The van der Waals surface area contributed by atoms with Gasteiger partial charge in [0.25, 0.3) is 0 Å². The Morgan fingerprint density at radius 3 is 2.95 bits per heavy atom. The lowest BCUT2D eigenvalue weighted by atomic mass is 10.2. The number of rotatable bonds is 3. The van der Waals surface area contributed by atoms with Crippen molar-refractivity contribution in [2.45, 2.75) is 6.54 Å². The van der Waals surface area contributed by atoms with Crippen molar-refractivity contribution in [1.29, 1.82) is 0 Å². The van der Waals surface area contributed by atoms with Gasteiger partial charge in [-0.1, -0.05) is 11.6 Å². The number of aryl methyl sites for hydroxylation is 1. The van der Waals surface area contributed by atoms with Crippen molar-refractivity contribution in [2.75, 3.05) is 5.32 Å². The third-order valence-electron chi connectivity index (χ3n) is 2.95. The summed E-state index contributed by atoms with van der Waals surface area (Å²) >= 11 is 6.17. The summed E-state index contributed by atoms with van der Waals surface area (Å²) < 4.78 is 1.79. The van der Waals surface area contributed by atoms with Crippen LogP contribution in [0.25, 0.3) is 10.9 Å². The fourth-order valence-electron chi connectivity index (χ4n) is 2.02. The van der Waals surface area contributed by atoms with Crippen molar-refractivity contribution in [2.24, 2.45) is 7.05 Å². The SMILES string of the molecule is Cn1ccc(CNc2ccc(Cl)c3cccnc23)n1. The molecule has 1 N–H and O–H groups in total. The highest BCUT2D eigenvalue weighted by atomic mass is 35.5. The number of aromatic nitrogens is 3. The van der Waals surface area contributed by atoms with Crippen molar-refractivity contribution < 1.29 is 0 Å². The Kier molecular flexibility index (Phi) is 3.09. The zero-order valence-electron chi connectivity index (χ0n) is 10.5. The molecule has 0 atom stereocenters. The van der Waals surface area contributed by atoms with E-state index in [0.29, 0.717) is 11.6 Å². The minimum absolute atomic E-state index is 0.661. The van der Waals surface area contributed by atoms with Crippen LogP contribution in [0, 0.1) is 0 Å². The molecule has 0 amide bonds. The lowest BCUT2D eigenvalue weighted by molar-refractivity contribution is 0.747. The Labute approximate surface area is 116 Å². The van der Waals surface area contributed by atoms with E-state index < -0.39 is 0 Å². The molecule has 0 unspecified atom stereocenters. The third kappa shape index (κ3) is 2.39. The Morgan fingerprint density at radius 2 is 2.16 bits per heavy atom. The molecule has 0 fully saturated rings. The predicted molar refractivity (Wildman–Crippen MR) is 77.3 cm³/mol. The summed E-state index contributed by atoms with van der Waals surface area (Å²) in [7, 11) is 1.91. The Bertz CT molecular complexity index is 720. The van der Waals surface area contributed by atoms with E-state index in [1.807, 2.05) is 43.6 Å². The molecule has 0 bridgehead atoms. The van der Waals surface area contributed by atoms with Gasteiger partial charge in [0.2, 0.25) is 0 Å². The molecule has 0 spiro atoms. The maximum Gasteiger partial charge on any atom is 0.0948 e. The van der Waals surface area contributed by atoms with Crippen LogP contribution in [0.2, 0.25) is 5.02 Å². The van der Waals surface area contributed by atoms with E-state index in [0.717, 1.165) is 22.3 Å². The lowest BCUT2D eigenvalue weighted by Crippen LogP contribution is -2.02. The molecular weight excluding hydrogens is 260 g/mol. The number of anilines is 1. The maximum atomic E-state index is 6.17. The molecule has 2 heterocycles. The molecule has 3 rings (SSSR count). The predicted octanol–water partition coefficient (Wildman–Crippen LogP) is 3.23. The molecule has 96 valence electrons. The van der Waals surface area contributed by atoms with Crippen molar-refractivity contribution in [3.05, 3.63) is 53.4 Å². The van der Waals surface area contributed by atoms with E-state index in [4.69, 9.17) is 11.6 Å². The summed E-state index contributed by atoms with van der Waals surface area (Å²) in [6, 6.07) is 9.67. The second-order valence-corrected chi connectivity index (χ2v) is 4.74. The quantitative estimate of drug-likeness (QED) is 0.796. The zero-order chi connectivity index (χ0) is 13.2. The zero-order valence-corrected chi connectivity index (χ0v) is 11.2. The monoisotopic (exact) mass is 272 g/mol. The molecule has 1 aromatic carbocycles. The summed E-state index contributed by atoms with van der Waals surface area (Å²) in [5, 5.41) is 9.35. The van der Waals surface area contributed by atoms with Crippen molar-refractivity contribution in [1.82, 2.24) is 14.8 Å². The van der Waals surface area contributed by atoms with Gasteiger partial charge < -0.3 is 5.32 Å². The van der Waals surface area contributed by atoms with Crippen LogP contribution in [-0.2, 0) is 13.6 Å². The Balaban J connectivity index is 1.91. The number of hydrogen-bond donors (Lipinski definition) is 1. The van der Waals surface area contributed by atoms with Crippen LogP contribution in [0.15, 0.2) is 42.7 Å². The smallest absolute Gasteiger partial charge is 0.0948 e. The number of halogens is 1.